The number of piperazine rings is 1. The van der Waals surface area contributed by atoms with E-state index in [1.165, 1.54) is 4.31 Å². The van der Waals surface area contributed by atoms with Gasteiger partial charge >= 0.3 is 0 Å². The van der Waals surface area contributed by atoms with Gasteiger partial charge in [0.05, 0.1) is 11.8 Å². The summed E-state index contributed by atoms with van der Waals surface area (Å²) in [4.78, 5) is 16.3. The van der Waals surface area contributed by atoms with Crippen molar-refractivity contribution in [3.8, 4) is 0 Å². The van der Waals surface area contributed by atoms with Crippen molar-refractivity contribution < 1.29 is 13.2 Å². The van der Waals surface area contributed by atoms with Crippen LogP contribution in [0.25, 0.3) is 0 Å². The highest BCUT2D eigenvalue weighted by atomic mass is 32.2. The van der Waals surface area contributed by atoms with Crippen molar-refractivity contribution in [2.45, 2.75) is 25.8 Å². The van der Waals surface area contributed by atoms with Crippen LogP contribution in [0.5, 0.6) is 0 Å². The molecule has 0 aromatic heterocycles. The van der Waals surface area contributed by atoms with E-state index in [1.807, 2.05) is 7.05 Å². The summed E-state index contributed by atoms with van der Waals surface area (Å²) < 4.78 is 25.7. The third-order valence-corrected chi connectivity index (χ3v) is 6.19. The van der Waals surface area contributed by atoms with Crippen LogP contribution in [0.2, 0.25) is 0 Å². The van der Waals surface area contributed by atoms with Crippen LogP contribution in [0.4, 0.5) is 0 Å². The van der Waals surface area contributed by atoms with Gasteiger partial charge in [-0.1, -0.05) is 12.2 Å². The fraction of sp³-hybridized carbons (Fsp3) is 0.786. The summed E-state index contributed by atoms with van der Waals surface area (Å²) in [5.41, 5.74) is 0.640. The van der Waals surface area contributed by atoms with Gasteiger partial charge in [-0.2, -0.15) is 4.31 Å². The second-order valence-electron chi connectivity index (χ2n) is 6.08. The Balaban J connectivity index is 1.91. The predicted octanol–water partition coefficient (Wildman–Crippen LogP) is 0.131. The van der Waals surface area contributed by atoms with Crippen LogP contribution in [0, 0.1) is 0 Å². The van der Waals surface area contributed by atoms with E-state index in [1.54, 1.807) is 11.8 Å². The smallest absolute Gasteiger partial charge is 0.240 e. The maximum Gasteiger partial charge on any atom is 0.240 e. The van der Waals surface area contributed by atoms with Gasteiger partial charge < -0.3 is 4.90 Å². The number of hydrogen-bond acceptors (Lipinski definition) is 4. The van der Waals surface area contributed by atoms with E-state index in [-0.39, 0.29) is 17.7 Å². The molecule has 1 atom stereocenters. The largest absolute Gasteiger partial charge is 0.339 e. The lowest BCUT2D eigenvalue weighted by Gasteiger charge is -2.36. The van der Waals surface area contributed by atoms with Gasteiger partial charge in [0.2, 0.25) is 15.9 Å². The van der Waals surface area contributed by atoms with Gasteiger partial charge in [0.25, 0.3) is 0 Å². The quantitative estimate of drug-likeness (QED) is 0.692. The highest BCUT2D eigenvalue weighted by Crippen LogP contribution is 2.19. The summed E-state index contributed by atoms with van der Waals surface area (Å²) in [6, 6.07) is -0.0245. The number of amides is 1. The summed E-state index contributed by atoms with van der Waals surface area (Å²) in [6.07, 6.45) is 1.96. The minimum atomic E-state index is -3.28. The molecule has 2 aliphatic rings. The van der Waals surface area contributed by atoms with Crippen LogP contribution in [0.3, 0.4) is 0 Å². The second kappa shape index (κ2) is 6.46. The van der Waals surface area contributed by atoms with Crippen molar-refractivity contribution in [2.24, 2.45) is 0 Å². The van der Waals surface area contributed by atoms with Crippen LogP contribution >= 0.6 is 0 Å². The van der Waals surface area contributed by atoms with E-state index in [0.717, 1.165) is 19.4 Å². The molecular formula is C14H25N3O3S. The molecule has 0 spiro atoms. The molecule has 0 unspecified atom stereocenters. The Hall–Kier alpha value is -0.920. The molecular weight excluding hydrogens is 290 g/mol. The average Bonchev–Trinajstić information content (AvgIpc) is 2.83. The second-order valence-corrected chi connectivity index (χ2v) is 8.05. The van der Waals surface area contributed by atoms with Crippen molar-refractivity contribution in [3.05, 3.63) is 12.2 Å². The van der Waals surface area contributed by atoms with Crippen LogP contribution in [0.15, 0.2) is 12.2 Å². The number of carbonyl (C=O) groups excluding carboxylic acids is 1. The third-order valence-electron chi connectivity index (χ3n) is 4.18. The average molecular weight is 315 g/mol. The summed E-state index contributed by atoms with van der Waals surface area (Å²) in [7, 11) is -1.30. The Morgan fingerprint density at radius 1 is 1.19 bits per heavy atom. The SMILES string of the molecule is C=C(C)CS(=O)(=O)N1CCN(C(=O)[C@@H]2CCCN2C)CC1. The summed E-state index contributed by atoms with van der Waals surface area (Å²) in [5, 5.41) is 0. The molecule has 0 saturated carbocycles. The Morgan fingerprint density at radius 2 is 1.81 bits per heavy atom. The fourth-order valence-corrected chi connectivity index (χ4v) is 4.55. The van der Waals surface area contributed by atoms with Gasteiger partial charge in [0.15, 0.2) is 0 Å². The molecule has 0 bridgehead atoms. The van der Waals surface area contributed by atoms with E-state index in [4.69, 9.17) is 0 Å². The molecule has 120 valence electrons. The third kappa shape index (κ3) is 3.84. The number of hydrogen-bond donors (Lipinski definition) is 0. The minimum Gasteiger partial charge on any atom is -0.339 e. The maximum absolute atomic E-state index is 12.4. The summed E-state index contributed by atoms with van der Waals surface area (Å²) >= 11 is 0. The zero-order valence-electron chi connectivity index (χ0n) is 12.9. The fourth-order valence-electron chi connectivity index (χ4n) is 3.02. The van der Waals surface area contributed by atoms with Gasteiger partial charge in [-0.25, -0.2) is 8.42 Å². The monoisotopic (exact) mass is 315 g/mol. The number of likely N-dealkylation sites (tertiary alicyclic amines) is 1. The predicted molar refractivity (Wildman–Crippen MR) is 82.4 cm³/mol. The van der Waals surface area contributed by atoms with E-state index in [2.05, 4.69) is 11.5 Å². The normalized spacial score (nSPS) is 25.2. The molecule has 0 radical (unpaired) electrons. The number of sulfonamides is 1. The first-order valence-electron chi connectivity index (χ1n) is 7.42. The molecule has 2 heterocycles. The molecule has 0 aliphatic carbocycles. The topological polar surface area (TPSA) is 60.9 Å². The molecule has 0 N–H and O–H groups in total. The lowest BCUT2D eigenvalue weighted by molar-refractivity contribution is -0.136. The Morgan fingerprint density at radius 3 is 2.29 bits per heavy atom. The van der Waals surface area contributed by atoms with Gasteiger partial charge in [0.1, 0.15) is 0 Å². The van der Waals surface area contributed by atoms with Gasteiger partial charge in [-0.15, -0.1) is 0 Å². The molecule has 2 rings (SSSR count). The van der Waals surface area contributed by atoms with Crippen molar-refractivity contribution in [1.29, 1.82) is 0 Å². The summed E-state index contributed by atoms with van der Waals surface area (Å²) in [5.74, 6) is 0.138. The highest BCUT2D eigenvalue weighted by Gasteiger charge is 2.34. The van der Waals surface area contributed by atoms with Crippen LogP contribution in [0.1, 0.15) is 19.8 Å². The van der Waals surface area contributed by atoms with Gasteiger partial charge in [-0.3, -0.25) is 9.69 Å². The first-order chi connectivity index (χ1) is 9.81. The molecule has 2 fully saturated rings. The van der Waals surface area contributed by atoms with Crippen molar-refractivity contribution >= 4 is 15.9 Å². The van der Waals surface area contributed by atoms with Crippen molar-refractivity contribution in [2.75, 3.05) is 45.5 Å². The Bertz CT molecular complexity index is 510. The van der Waals surface area contributed by atoms with Crippen molar-refractivity contribution in [1.82, 2.24) is 14.1 Å². The van der Waals surface area contributed by atoms with E-state index in [0.29, 0.717) is 31.8 Å². The molecule has 21 heavy (non-hydrogen) atoms. The number of likely N-dealkylation sites (N-methyl/N-ethyl adjacent to an activating group) is 1. The first kappa shape index (κ1) is 16.5. The Kier molecular flexibility index (Phi) is 5.06. The van der Waals surface area contributed by atoms with Crippen LogP contribution < -0.4 is 0 Å². The molecule has 0 aromatic carbocycles. The first-order valence-corrected chi connectivity index (χ1v) is 9.03. The van der Waals surface area contributed by atoms with E-state index >= 15 is 0 Å². The zero-order valence-corrected chi connectivity index (χ0v) is 13.7. The van der Waals surface area contributed by atoms with Crippen molar-refractivity contribution in [3.63, 3.8) is 0 Å². The molecule has 2 saturated heterocycles. The number of nitrogens with zero attached hydrogens (tertiary/aromatic N) is 3. The number of rotatable bonds is 4. The van der Waals surface area contributed by atoms with E-state index in [9.17, 15) is 13.2 Å². The highest BCUT2D eigenvalue weighted by molar-refractivity contribution is 7.89. The van der Waals surface area contributed by atoms with Gasteiger partial charge in [0, 0.05) is 26.2 Å². The summed E-state index contributed by atoms with van der Waals surface area (Å²) in [6.45, 7) is 8.08. The van der Waals surface area contributed by atoms with Crippen LogP contribution in [-0.2, 0) is 14.8 Å². The standard InChI is InChI=1S/C14H25N3O3S/c1-12(2)11-21(19,20)17-9-7-16(8-10-17)14(18)13-5-4-6-15(13)3/h13H,1,4-11H2,2-3H3/t13-/m0/s1. The molecule has 2 aliphatic heterocycles. The Labute approximate surface area is 127 Å². The van der Waals surface area contributed by atoms with E-state index < -0.39 is 10.0 Å². The molecule has 6 nitrogen and oxygen atoms in total. The minimum absolute atomic E-state index is 0.00763. The lowest BCUT2D eigenvalue weighted by atomic mass is 10.2. The lowest BCUT2D eigenvalue weighted by Crippen LogP contribution is -2.54. The maximum atomic E-state index is 12.4. The molecule has 0 aromatic rings. The van der Waals surface area contributed by atoms with Crippen LogP contribution in [-0.4, -0.2) is 80.0 Å². The molecule has 1 amide bonds. The number of carbonyl (C=O) groups is 1. The zero-order chi connectivity index (χ0) is 15.6. The van der Waals surface area contributed by atoms with Gasteiger partial charge in [-0.05, 0) is 33.4 Å². The molecule has 7 heteroatoms.